The molecule has 2 bridgehead atoms. The van der Waals surface area contributed by atoms with Crippen LogP contribution in [0.1, 0.15) is 55.3 Å². The first-order valence-electron chi connectivity index (χ1n) is 12.6. The van der Waals surface area contributed by atoms with Gasteiger partial charge in [-0.05, 0) is 98.2 Å². The first-order valence-corrected chi connectivity index (χ1v) is 13.4. The normalized spacial score (nSPS) is 25.4. The Bertz CT molecular complexity index is 979. The van der Waals surface area contributed by atoms with Crippen LogP contribution in [0.15, 0.2) is 52.7 Å². The molecule has 2 heterocycles. The predicted octanol–water partition coefficient (Wildman–Crippen LogP) is 5.24. The molecule has 182 valence electrons. The van der Waals surface area contributed by atoms with Gasteiger partial charge in [0, 0.05) is 38.7 Å². The van der Waals surface area contributed by atoms with Crippen molar-refractivity contribution >= 4 is 22.9 Å². The fourth-order valence-corrected chi connectivity index (χ4v) is 6.50. The van der Waals surface area contributed by atoms with Gasteiger partial charge in [0.15, 0.2) is 0 Å². The number of hydrogen-bond donors (Lipinski definition) is 1. The Kier molecular flexibility index (Phi) is 7.30. The summed E-state index contributed by atoms with van der Waals surface area (Å²) in [6, 6.07) is 7.55. The standard InChI is InChI=1S/C27H35N3O3S/c1-29(24-10-5-20-16-23(24)25(31)17-20)27(32)21-6-8-22(9-7-21)33-18-19-11-14-30(15-12-19)34-26-4-2-3-13-28-26/h2,4,6-9,19-20,24,31H,3,5,10-18H2,1H3. The minimum atomic E-state index is 0.00415. The van der Waals surface area contributed by atoms with Crippen LogP contribution in [-0.4, -0.2) is 64.6 Å². The van der Waals surface area contributed by atoms with E-state index in [1.54, 1.807) is 11.9 Å². The molecule has 34 heavy (non-hydrogen) atoms. The third-order valence-electron chi connectivity index (χ3n) is 7.61. The fraction of sp³-hybridized carbons (Fsp3) is 0.556. The van der Waals surface area contributed by atoms with Gasteiger partial charge in [0.1, 0.15) is 10.8 Å². The number of allylic oxidation sites excluding steroid dienone is 1. The van der Waals surface area contributed by atoms with E-state index < -0.39 is 0 Å². The van der Waals surface area contributed by atoms with Gasteiger partial charge < -0.3 is 14.7 Å². The Hall–Kier alpha value is -2.25. The highest BCUT2D eigenvalue weighted by Gasteiger charge is 2.37. The number of amides is 1. The highest BCUT2D eigenvalue weighted by molar-refractivity contribution is 8.12. The van der Waals surface area contributed by atoms with E-state index >= 15 is 0 Å². The fourth-order valence-electron chi connectivity index (χ4n) is 5.53. The number of likely N-dealkylation sites (N-methyl/N-ethyl adjacent to an activating group) is 1. The summed E-state index contributed by atoms with van der Waals surface area (Å²) in [4.78, 5) is 19.5. The van der Waals surface area contributed by atoms with Gasteiger partial charge in [-0.2, -0.15) is 0 Å². The summed E-state index contributed by atoms with van der Waals surface area (Å²) in [5.74, 6) is 2.45. The van der Waals surface area contributed by atoms with Gasteiger partial charge in [0.05, 0.1) is 18.4 Å². The van der Waals surface area contributed by atoms with Gasteiger partial charge in [-0.1, -0.05) is 6.08 Å². The van der Waals surface area contributed by atoms with Crippen LogP contribution in [0.4, 0.5) is 0 Å². The van der Waals surface area contributed by atoms with Gasteiger partial charge >= 0.3 is 0 Å². The summed E-state index contributed by atoms with van der Waals surface area (Å²) >= 11 is 1.78. The van der Waals surface area contributed by atoms with Crippen LogP contribution in [0.3, 0.4) is 0 Å². The molecular weight excluding hydrogens is 446 g/mol. The largest absolute Gasteiger partial charge is 0.512 e. The number of dihydropyridines is 1. The molecule has 2 aliphatic heterocycles. The Morgan fingerprint density at radius 2 is 1.97 bits per heavy atom. The van der Waals surface area contributed by atoms with E-state index in [1.165, 1.54) is 0 Å². The molecule has 7 heteroatoms. The zero-order valence-corrected chi connectivity index (χ0v) is 20.8. The zero-order chi connectivity index (χ0) is 23.5. The molecule has 5 rings (SSSR count). The number of hydrogen-bond acceptors (Lipinski definition) is 6. The van der Waals surface area contributed by atoms with Crippen molar-refractivity contribution in [1.82, 2.24) is 9.21 Å². The van der Waals surface area contributed by atoms with Gasteiger partial charge in [-0.25, -0.2) is 4.31 Å². The minimum Gasteiger partial charge on any atom is -0.512 e. The van der Waals surface area contributed by atoms with Crippen molar-refractivity contribution in [3.63, 3.8) is 0 Å². The average molecular weight is 482 g/mol. The summed E-state index contributed by atoms with van der Waals surface area (Å²) in [5.41, 5.74) is 1.74. The smallest absolute Gasteiger partial charge is 0.254 e. The Morgan fingerprint density at radius 1 is 1.18 bits per heavy atom. The lowest BCUT2D eigenvalue weighted by Gasteiger charge is -2.33. The number of aliphatic hydroxyl groups excluding tert-OH is 1. The van der Waals surface area contributed by atoms with Crippen molar-refractivity contribution < 1.29 is 14.6 Å². The number of rotatable bonds is 6. The lowest BCUT2D eigenvalue weighted by molar-refractivity contribution is 0.0731. The van der Waals surface area contributed by atoms with E-state index in [2.05, 4.69) is 21.4 Å². The first-order chi connectivity index (χ1) is 16.6. The van der Waals surface area contributed by atoms with Crippen LogP contribution in [0, 0.1) is 11.8 Å². The van der Waals surface area contributed by atoms with Crippen LogP contribution < -0.4 is 4.74 Å². The summed E-state index contributed by atoms with van der Waals surface area (Å²) < 4.78 is 8.48. The van der Waals surface area contributed by atoms with E-state index in [0.717, 1.165) is 80.9 Å². The summed E-state index contributed by atoms with van der Waals surface area (Å²) in [6.45, 7) is 3.73. The van der Waals surface area contributed by atoms with Gasteiger partial charge in [-0.3, -0.25) is 9.79 Å². The van der Waals surface area contributed by atoms with Crippen LogP contribution in [0.25, 0.3) is 0 Å². The van der Waals surface area contributed by atoms with Crippen molar-refractivity contribution in [3.8, 4) is 5.75 Å². The van der Waals surface area contributed by atoms with Crippen molar-refractivity contribution in [2.24, 2.45) is 16.8 Å². The monoisotopic (exact) mass is 481 g/mol. The molecule has 1 aromatic carbocycles. The SMILES string of the molecule is CN(C(=O)c1ccc(OCC2CCN(SC3=NCCC=C3)CC2)cc1)C1CCC2CC(O)=C1C2. The number of benzene rings is 1. The zero-order valence-electron chi connectivity index (χ0n) is 20.0. The number of carbonyl (C=O) groups is 1. The van der Waals surface area contributed by atoms with Crippen molar-refractivity contribution in [1.29, 1.82) is 0 Å². The average Bonchev–Trinajstić information content (AvgIpc) is 3.16. The number of aliphatic imine (C=N–C) groups is 1. The summed E-state index contributed by atoms with van der Waals surface area (Å²) in [5, 5.41) is 11.4. The highest BCUT2D eigenvalue weighted by Crippen LogP contribution is 2.42. The molecule has 0 spiro atoms. The molecule has 2 unspecified atom stereocenters. The van der Waals surface area contributed by atoms with E-state index in [-0.39, 0.29) is 11.9 Å². The third kappa shape index (κ3) is 5.36. The van der Waals surface area contributed by atoms with Gasteiger partial charge in [-0.15, -0.1) is 0 Å². The molecule has 1 N–H and O–H groups in total. The molecule has 2 fully saturated rings. The number of aliphatic hydroxyl groups is 1. The number of carbonyl (C=O) groups excluding carboxylic acids is 1. The Balaban J connectivity index is 1.08. The van der Waals surface area contributed by atoms with E-state index in [4.69, 9.17) is 4.74 Å². The molecule has 6 nitrogen and oxygen atoms in total. The number of ether oxygens (including phenoxy) is 1. The number of nitrogens with zero attached hydrogens (tertiary/aromatic N) is 3. The molecule has 1 saturated heterocycles. The second-order valence-electron chi connectivity index (χ2n) is 9.97. The highest BCUT2D eigenvalue weighted by atomic mass is 32.2. The number of piperidine rings is 1. The van der Waals surface area contributed by atoms with Gasteiger partial charge in [0.25, 0.3) is 5.91 Å². The van der Waals surface area contributed by atoms with Crippen LogP contribution in [0.5, 0.6) is 5.75 Å². The molecule has 2 atom stereocenters. The lowest BCUT2D eigenvalue weighted by atomic mass is 9.86. The quantitative estimate of drug-likeness (QED) is 0.563. The lowest BCUT2D eigenvalue weighted by Crippen LogP contribution is -2.40. The maximum Gasteiger partial charge on any atom is 0.254 e. The van der Waals surface area contributed by atoms with E-state index in [1.807, 2.05) is 36.2 Å². The molecule has 1 aromatic rings. The molecular formula is C27H35N3O3S. The Morgan fingerprint density at radius 3 is 2.71 bits per heavy atom. The minimum absolute atomic E-state index is 0.00415. The molecule has 0 aromatic heterocycles. The molecule has 1 saturated carbocycles. The first kappa shape index (κ1) is 23.5. The Labute approximate surface area is 206 Å². The summed E-state index contributed by atoms with van der Waals surface area (Å²) in [7, 11) is 1.86. The van der Waals surface area contributed by atoms with Crippen molar-refractivity contribution in [3.05, 3.63) is 53.3 Å². The molecule has 0 radical (unpaired) electrons. The topological polar surface area (TPSA) is 65.4 Å². The number of fused-ring (bicyclic) bond motifs is 2. The summed E-state index contributed by atoms with van der Waals surface area (Å²) in [6.07, 6.45) is 11.4. The maximum atomic E-state index is 13.1. The second-order valence-corrected chi connectivity index (χ2v) is 11.1. The van der Waals surface area contributed by atoms with E-state index in [0.29, 0.717) is 29.8 Å². The van der Waals surface area contributed by atoms with Crippen molar-refractivity contribution in [2.45, 2.75) is 51.0 Å². The van der Waals surface area contributed by atoms with Crippen LogP contribution in [-0.2, 0) is 0 Å². The third-order valence-corrected chi connectivity index (χ3v) is 8.68. The van der Waals surface area contributed by atoms with Crippen molar-refractivity contribution in [2.75, 3.05) is 33.3 Å². The molecule has 2 aliphatic carbocycles. The van der Waals surface area contributed by atoms with Crippen LogP contribution in [0.2, 0.25) is 0 Å². The van der Waals surface area contributed by atoms with E-state index in [9.17, 15) is 9.90 Å². The molecule has 1 amide bonds. The predicted molar refractivity (Wildman–Crippen MR) is 137 cm³/mol. The van der Waals surface area contributed by atoms with Gasteiger partial charge in [0.2, 0.25) is 0 Å². The second kappa shape index (κ2) is 10.6. The maximum absolute atomic E-state index is 13.1. The van der Waals surface area contributed by atoms with Crippen LogP contribution >= 0.6 is 11.9 Å². The molecule has 4 aliphatic rings.